The summed E-state index contributed by atoms with van der Waals surface area (Å²) in [7, 11) is 2.61. The SMILES string of the molecule is C=C1C[C@]23C[C@]1(OC(C)=O)CCC2=C1C=C[C@H](O)[C@@](C)(C(=O)OC)[C@H]1[C@@H]3C(=O)OC. The molecular formula is C23H28O7. The van der Waals surface area contributed by atoms with Crippen LogP contribution in [0.3, 0.4) is 0 Å². The van der Waals surface area contributed by atoms with Crippen LogP contribution in [0.15, 0.2) is 35.5 Å². The molecular weight excluding hydrogens is 388 g/mol. The topological polar surface area (TPSA) is 99.1 Å². The predicted octanol–water partition coefficient (Wildman–Crippen LogP) is 2.24. The normalized spacial score (nSPS) is 41.2. The van der Waals surface area contributed by atoms with E-state index in [0.717, 1.165) is 16.7 Å². The van der Waals surface area contributed by atoms with Crippen LogP contribution in [0.4, 0.5) is 0 Å². The van der Waals surface area contributed by atoms with Crippen molar-refractivity contribution in [3.63, 3.8) is 0 Å². The van der Waals surface area contributed by atoms with Crippen LogP contribution in [0.5, 0.6) is 0 Å². The van der Waals surface area contributed by atoms with E-state index in [1.165, 1.54) is 21.1 Å². The Bertz CT molecular complexity index is 915. The quantitative estimate of drug-likeness (QED) is 0.428. The number of carbonyl (C=O) groups excluding carboxylic acids is 3. The molecule has 4 rings (SSSR count). The smallest absolute Gasteiger partial charge is 0.315 e. The first-order valence-corrected chi connectivity index (χ1v) is 10.2. The number of aliphatic hydroxyl groups excluding tert-OH is 1. The first kappa shape index (κ1) is 20.8. The average molecular weight is 416 g/mol. The van der Waals surface area contributed by atoms with E-state index in [1.54, 1.807) is 13.0 Å². The molecule has 6 atom stereocenters. The Morgan fingerprint density at radius 2 is 1.93 bits per heavy atom. The predicted molar refractivity (Wildman–Crippen MR) is 106 cm³/mol. The molecule has 2 fully saturated rings. The number of carbonyl (C=O) groups is 3. The third-order valence-electron chi connectivity index (χ3n) is 7.90. The molecule has 4 aliphatic rings. The summed E-state index contributed by atoms with van der Waals surface area (Å²) >= 11 is 0. The van der Waals surface area contributed by atoms with Crippen LogP contribution in [0.25, 0.3) is 0 Å². The number of rotatable bonds is 3. The van der Waals surface area contributed by atoms with Crippen molar-refractivity contribution in [2.24, 2.45) is 22.7 Å². The van der Waals surface area contributed by atoms with Gasteiger partial charge in [-0.1, -0.05) is 24.3 Å². The number of methoxy groups -OCH3 is 2. The van der Waals surface area contributed by atoms with Gasteiger partial charge >= 0.3 is 17.9 Å². The number of hydrogen-bond acceptors (Lipinski definition) is 7. The number of esters is 3. The van der Waals surface area contributed by atoms with Gasteiger partial charge in [-0.15, -0.1) is 0 Å². The molecule has 0 aromatic carbocycles. The highest BCUT2D eigenvalue weighted by molar-refractivity contribution is 5.85. The monoisotopic (exact) mass is 416 g/mol. The van der Waals surface area contributed by atoms with Gasteiger partial charge in [0.25, 0.3) is 0 Å². The van der Waals surface area contributed by atoms with Gasteiger partial charge < -0.3 is 19.3 Å². The molecule has 7 nitrogen and oxygen atoms in total. The zero-order chi connectivity index (χ0) is 22.1. The third-order valence-corrected chi connectivity index (χ3v) is 7.90. The molecule has 0 saturated heterocycles. The van der Waals surface area contributed by atoms with E-state index in [-0.39, 0.29) is 5.97 Å². The lowest BCUT2D eigenvalue weighted by atomic mass is 9.59. The number of ether oxygens (including phenoxy) is 3. The summed E-state index contributed by atoms with van der Waals surface area (Å²) in [6.45, 7) is 7.23. The number of fused-ring (bicyclic) bond motifs is 2. The van der Waals surface area contributed by atoms with Crippen molar-refractivity contribution < 1.29 is 33.7 Å². The van der Waals surface area contributed by atoms with Gasteiger partial charge in [0.15, 0.2) is 0 Å². The van der Waals surface area contributed by atoms with E-state index >= 15 is 0 Å². The largest absolute Gasteiger partial charge is 0.469 e. The van der Waals surface area contributed by atoms with Crippen molar-refractivity contribution in [1.29, 1.82) is 0 Å². The maximum absolute atomic E-state index is 13.2. The summed E-state index contributed by atoms with van der Waals surface area (Å²) < 4.78 is 16.0. The van der Waals surface area contributed by atoms with E-state index in [0.29, 0.717) is 25.7 Å². The van der Waals surface area contributed by atoms with Crippen molar-refractivity contribution in [3.8, 4) is 0 Å². The van der Waals surface area contributed by atoms with Crippen LogP contribution in [0.2, 0.25) is 0 Å². The van der Waals surface area contributed by atoms with Gasteiger partial charge in [-0.3, -0.25) is 14.4 Å². The van der Waals surface area contributed by atoms with E-state index in [1.807, 2.05) is 6.08 Å². The Balaban J connectivity index is 1.93. The molecule has 0 radical (unpaired) electrons. The second-order valence-electron chi connectivity index (χ2n) is 9.19. The van der Waals surface area contributed by atoms with Crippen LogP contribution >= 0.6 is 0 Å². The molecule has 2 saturated carbocycles. The van der Waals surface area contributed by atoms with Gasteiger partial charge in [0.05, 0.1) is 26.2 Å². The summed E-state index contributed by atoms with van der Waals surface area (Å²) in [6.07, 6.45) is 4.42. The highest BCUT2D eigenvalue weighted by atomic mass is 16.6. The first-order valence-electron chi connectivity index (χ1n) is 10.2. The molecule has 4 aliphatic carbocycles. The molecule has 1 N–H and O–H groups in total. The maximum atomic E-state index is 13.2. The summed E-state index contributed by atoms with van der Waals surface area (Å²) in [5, 5.41) is 10.8. The van der Waals surface area contributed by atoms with Crippen LogP contribution in [0.1, 0.15) is 39.5 Å². The van der Waals surface area contributed by atoms with Gasteiger partial charge in [-0.05, 0) is 37.3 Å². The molecule has 1 spiro atoms. The zero-order valence-corrected chi connectivity index (χ0v) is 17.8. The van der Waals surface area contributed by atoms with Crippen LogP contribution < -0.4 is 0 Å². The Morgan fingerprint density at radius 1 is 1.23 bits per heavy atom. The van der Waals surface area contributed by atoms with Crippen molar-refractivity contribution in [1.82, 2.24) is 0 Å². The van der Waals surface area contributed by atoms with E-state index in [9.17, 15) is 19.5 Å². The number of allylic oxidation sites excluding steroid dienone is 3. The molecule has 0 aromatic rings. The minimum Gasteiger partial charge on any atom is -0.469 e. The van der Waals surface area contributed by atoms with Gasteiger partial charge in [0.2, 0.25) is 0 Å². The lowest BCUT2D eigenvalue weighted by molar-refractivity contribution is -0.169. The van der Waals surface area contributed by atoms with Crippen LogP contribution in [-0.4, -0.2) is 48.9 Å². The lowest BCUT2D eigenvalue weighted by Crippen LogP contribution is -2.53. The van der Waals surface area contributed by atoms with Gasteiger partial charge in [-0.25, -0.2) is 0 Å². The molecule has 7 heteroatoms. The lowest BCUT2D eigenvalue weighted by Gasteiger charge is -2.45. The first-order chi connectivity index (χ1) is 14.1. The fourth-order valence-electron chi connectivity index (χ4n) is 6.66. The second kappa shape index (κ2) is 6.54. The van der Waals surface area contributed by atoms with E-state index < -0.39 is 46.3 Å². The molecule has 2 bridgehead atoms. The molecule has 162 valence electrons. The van der Waals surface area contributed by atoms with Gasteiger partial charge in [0.1, 0.15) is 11.0 Å². The molecule has 0 amide bonds. The fraction of sp³-hybridized carbons (Fsp3) is 0.609. The fourth-order valence-corrected chi connectivity index (χ4v) is 6.66. The molecule has 0 unspecified atom stereocenters. The number of hydrogen-bond donors (Lipinski definition) is 1. The summed E-state index contributed by atoms with van der Waals surface area (Å²) in [4.78, 5) is 38.0. The van der Waals surface area contributed by atoms with Crippen molar-refractivity contribution in [3.05, 3.63) is 35.5 Å². The Kier molecular flexibility index (Phi) is 4.55. The Labute approximate surface area is 175 Å². The van der Waals surface area contributed by atoms with Crippen molar-refractivity contribution in [2.75, 3.05) is 14.2 Å². The van der Waals surface area contributed by atoms with Crippen molar-refractivity contribution in [2.45, 2.75) is 51.2 Å². The standard InChI is InChI=1S/C23H28O7/c1-12-10-22-11-23(12,30-13(2)24)9-8-15(22)14-6-7-16(25)21(3,20(27)29-5)17(14)18(22)19(26)28-4/h6-7,16-18,25H,1,8-11H2,2-5H3/t16-,17+,18+,21+,22-,23+/m0/s1. The highest BCUT2D eigenvalue weighted by Crippen LogP contribution is 2.72. The average Bonchev–Trinajstić information content (AvgIpc) is 3.10. The maximum Gasteiger partial charge on any atom is 0.315 e. The van der Waals surface area contributed by atoms with E-state index in [4.69, 9.17) is 14.2 Å². The minimum absolute atomic E-state index is 0.385. The van der Waals surface area contributed by atoms with Crippen LogP contribution in [0, 0.1) is 22.7 Å². The molecule has 30 heavy (non-hydrogen) atoms. The third kappa shape index (κ3) is 2.38. The Hall–Kier alpha value is -2.41. The van der Waals surface area contributed by atoms with E-state index in [2.05, 4.69) is 6.58 Å². The Morgan fingerprint density at radius 3 is 2.53 bits per heavy atom. The summed E-state index contributed by atoms with van der Waals surface area (Å²) in [5.74, 6) is -2.73. The van der Waals surface area contributed by atoms with Gasteiger partial charge in [-0.2, -0.15) is 0 Å². The molecule has 0 aliphatic heterocycles. The summed E-state index contributed by atoms with van der Waals surface area (Å²) in [6, 6.07) is 0. The van der Waals surface area contributed by atoms with Crippen molar-refractivity contribution >= 4 is 17.9 Å². The zero-order valence-electron chi connectivity index (χ0n) is 17.8. The second-order valence-corrected chi connectivity index (χ2v) is 9.19. The number of aliphatic hydroxyl groups is 1. The van der Waals surface area contributed by atoms with Gasteiger partial charge in [0, 0.05) is 24.7 Å². The minimum atomic E-state index is -1.34. The summed E-state index contributed by atoms with van der Waals surface area (Å²) in [5.41, 5.74) is -0.0890. The van der Waals surface area contributed by atoms with Crippen LogP contribution in [-0.2, 0) is 28.6 Å². The highest BCUT2D eigenvalue weighted by Gasteiger charge is 2.71. The molecule has 0 heterocycles. The molecule has 0 aromatic heterocycles.